The molecular weight excluding hydrogens is 236 g/mol. The van der Waals surface area contributed by atoms with Gasteiger partial charge in [0.15, 0.2) is 5.78 Å². The fourth-order valence-corrected chi connectivity index (χ4v) is 1.89. The van der Waals surface area contributed by atoms with Crippen molar-refractivity contribution in [3.05, 3.63) is 64.7 Å². The summed E-state index contributed by atoms with van der Waals surface area (Å²) in [7, 11) is 0. The van der Waals surface area contributed by atoms with Gasteiger partial charge in [-0.25, -0.2) is 0 Å². The van der Waals surface area contributed by atoms with Crippen LogP contribution in [0.4, 0.5) is 0 Å². The molecule has 0 unspecified atom stereocenters. The summed E-state index contributed by atoms with van der Waals surface area (Å²) >= 11 is 0. The lowest BCUT2D eigenvalue weighted by atomic mass is 10.1. The molecule has 0 aliphatic carbocycles. The molecule has 0 aliphatic heterocycles. The summed E-state index contributed by atoms with van der Waals surface area (Å²) in [6.45, 7) is 6.06. The van der Waals surface area contributed by atoms with Gasteiger partial charge in [-0.3, -0.25) is 4.79 Å². The van der Waals surface area contributed by atoms with Crippen molar-refractivity contribution in [2.45, 2.75) is 27.4 Å². The van der Waals surface area contributed by atoms with Crippen LogP contribution in [0.1, 0.15) is 34.0 Å². The Labute approximate surface area is 114 Å². The predicted octanol–water partition coefficient (Wildman–Crippen LogP) is 4.09. The van der Waals surface area contributed by atoms with E-state index >= 15 is 0 Å². The Balaban J connectivity index is 2.15. The largest absolute Gasteiger partial charge is 0.488 e. The van der Waals surface area contributed by atoms with Crippen molar-refractivity contribution in [3.63, 3.8) is 0 Å². The molecule has 0 N–H and O–H groups in total. The molecule has 0 fully saturated rings. The van der Waals surface area contributed by atoms with Crippen molar-refractivity contribution in [2.75, 3.05) is 0 Å². The Morgan fingerprint density at radius 3 is 2.26 bits per heavy atom. The normalized spacial score (nSPS) is 10.3. The summed E-state index contributed by atoms with van der Waals surface area (Å²) in [6, 6.07) is 13.9. The lowest BCUT2D eigenvalue weighted by molar-refractivity contribution is 0.101. The lowest BCUT2D eigenvalue weighted by Gasteiger charge is -2.10. The molecule has 2 nitrogen and oxygen atoms in total. The fraction of sp³-hybridized carbons (Fsp3) is 0.235. The van der Waals surface area contributed by atoms with Gasteiger partial charge in [-0.15, -0.1) is 0 Å². The van der Waals surface area contributed by atoms with Crippen LogP contribution in [0.25, 0.3) is 0 Å². The van der Waals surface area contributed by atoms with E-state index in [-0.39, 0.29) is 5.78 Å². The van der Waals surface area contributed by atoms with Gasteiger partial charge in [0.25, 0.3) is 0 Å². The standard InChI is InChI=1S/C17H18O2/c1-12-4-7-15(8-5-12)11-19-17-9-6-13(2)10-16(17)14(3)18/h4-10H,11H2,1-3H3. The average molecular weight is 254 g/mol. The molecule has 0 saturated heterocycles. The molecule has 0 bridgehead atoms. The van der Waals surface area contributed by atoms with Crippen LogP contribution >= 0.6 is 0 Å². The Bertz CT molecular complexity index is 583. The number of ether oxygens (including phenoxy) is 1. The summed E-state index contributed by atoms with van der Waals surface area (Å²) in [5, 5.41) is 0. The zero-order valence-electron chi connectivity index (χ0n) is 11.6. The molecule has 0 amide bonds. The maximum atomic E-state index is 11.6. The van der Waals surface area contributed by atoms with Crippen LogP contribution in [-0.4, -0.2) is 5.78 Å². The molecule has 2 aromatic rings. The monoisotopic (exact) mass is 254 g/mol. The van der Waals surface area contributed by atoms with Crippen molar-refractivity contribution in [1.29, 1.82) is 0 Å². The predicted molar refractivity (Wildman–Crippen MR) is 76.7 cm³/mol. The Morgan fingerprint density at radius 2 is 1.63 bits per heavy atom. The van der Waals surface area contributed by atoms with Crippen LogP contribution in [0, 0.1) is 13.8 Å². The zero-order valence-corrected chi connectivity index (χ0v) is 11.6. The highest BCUT2D eigenvalue weighted by Crippen LogP contribution is 2.21. The summed E-state index contributed by atoms with van der Waals surface area (Å²) in [5.41, 5.74) is 4.03. The third-order valence-electron chi connectivity index (χ3n) is 3.03. The SMILES string of the molecule is CC(=O)c1cc(C)ccc1OCc1ccc(C)cc1. The number of carbonyl (C=O) groups is 1. The van der Waals surface area contributed by atoms with Gasteiger partial charge in [-0.05, 0) is 38.5 Å². The first-order valence-corrected chi connectivity index (χ1v) is 6.36. The second kappa shape index (κ2) is 5.70. The highest BCUT2D eigenvalue weighted by Gasteiger charge is 2.08. The highest BCUT2D eigenvalue weighted by molar-refractivity contribution is 5.97. The summed E-state index contributed by atoms with van der Waals surface area (Å²) < 4.78 is 5.76. The van der Waals surface area contributed by atoms with E-state index in [2.05, 4.69) is 19.1 Å². The molecule has 0 spiro atoms. The number of rotatable bonds is 4. The number of aryl methyl sites for hydroxylation is 2. The number of hydrogen-bond acceptors (Lipinski definition) is 2. The smallest absolute Gasteiger partial charge is 0.163 e. The van der Waals surface area contributed by atoms with E-state index in [9.17, 15) is 4.79 Å². The first kappa shape index (κ1) is 13.3. The van der Waals surface area contributed by atoms with Crippen LogP contribution in [0.5, 0.6) is 5.75 Å². The first-order valence-electron chi connectivity index (χ1n) is 6.36. The average Bonchev–Trinajstić information content (AvgIpc) is 2.39. The van der Waals surface area contributed by atoms with E-state index in [0.29, 0.717) is 17.9 Å². The van der Waals surface area contributed by atoms with Gasteiger partial charge >= 0.3 is 0 Å². The molecule has 0 heterocycles. The summed E-state index contributed by atoms with van der Waals surface area (Å²) in [6.07, 6.45) is 0. The van der Waals surface area contributed by atoms with Crippen LogP contribution in [0.3, 0.4) is 0 Å². The van der Waals surface area contributed by atoms with Gasteiger partial charge < -0.3 is 4.74 Å². The number of hydrogen-bond donors (Lipinski definition) is 0. The number of ketones is 1. The zero-order chi connectivity index (χ0) is 13.8. The van der Waals surface area contributed by atoms with Gasteiger partial charge in [0, 0.05) is 0 Å². The third-order valence-corrected chi connectivity index (χ3v) is 3.03. The fourth-order valence-electron chi connectivity index (χ4n) is 1.89. The number of Topliss-reactive ketones (excluding diaryl/α,β-unsaturated/α-hetero) is 1. The van der Waals surface area contributed by atoms with Gasteiger partial charge in [0.05, 0.1) is 5.56 Å². The van der Waals surface area contributed by atoms with E-state index in [4.69, 9.17) is 4.74 Å². The summed E-state index contributed by atoms with van der Waals surface area (Å²) in [4.78, 5) is 11.6. The van der Waals surface area contributed by atoms with E-state index in [0.717, 1.165) is 11.1 Å². The number of carbonyl (C=O) groups excluding carboxylic acids is 1. The van der Waals surface area contributed by atoms with Gasteiger partial charge in [-0.1, -0.05) is 41.5 Å². The van der Waals surface area contributed by atoms with Crippen molar-refractivity contribution in [3.8, 4) is 5.75 Å². The molecule has 2 aromatic carbocycles. The Hall–Kier alpha value is -2.09. The maximum absolute atomic E-state index is 11.6. The quantitative estimate of drug-likeness (QED) is 0.768. The molecule has 0 radical (unpaired) electrons. The molecule has 2 heteroatoms. The van der Waals surface area contributed by atoms with Gasteiger partial charge in [-0.2, -0.15) is 0 Å². The van der Waals surface area contributed by atoms with Crippen molar-refractivity contribution in [2.24, 2.45) is 0 Å². The number of benzene rings is 2. The van der Waals surface area contributed by atoms with Crippen LogP contribution in [0.15, 0.2) is 42.5 Å². The maximum Gasteiger partial charge on any atom is 0.163 e. The molecule has 0 atom stereocenters. The van der Waals surface area contributed by atoms with E-state index in [1.165, 1.54) is 5.56 Å². The highest BCUT2D eigenvalue weighted by atomic mass is 16.5. The minimum atomic E-state index is 0.0302. The third kappa shape index (κ3) is 3.44. The van der Waals surface area contributed by atoms with Gasteiger partial charge in [0.1, 0.15) is 12.4 Å². The molecule has 98 valence electrons. The Kier molecular flexibility index (Phi) is 4.00. The molecule has 2 rings (SSSR count). The van der Waals surface area contributed by atoms with Crippen LogP contribution in [0.2, 0.25) is 0 Å². The Morgan fingerprint density at radius 1 is 1.00 bits per heavy atom. The van der Waals surface area contributed by atoms with E-state index in [1.54, 1.807) is 6.92 Å². The molecule has 0 saturated carbocycles. The van der Waals surface area contributed by atoms with Crippen LogP contribution < -0.4 is 4.74 Å². The minimum Gasteiger partial charge on any atom is -0.488 e. The second-order valence-electron chi connectivity index (χ2n) is 4.83. The van der Waals surface area contributed by atoms with Crippen molar-refractivity contribution in [1.82, 2.24) is 0 Å². The first-order chi connectivity index (χ1) is 9.06. The molecule has 0 aliphatic rings. The lowest BCUT2D eigenvalue weighted by Crippen LogP contribution is -2.02. The minimum absolute atomic E-state index is 0.0302. The van der Waals surface area contributed by atoms with Crippen molar-refractivity contribution >= 4 is 5.78 Å². The van der Waals surface area contributed by atoms with Gasteiger partial charge in [0.2, 0.25) is 0 Å². The topological polar surface area (TPSA) is 26.3 Å². The molecular formula is C17H18O2. The summed E-state index contributed by atoms with van der Waals surface area (Å²) in [5.74, 6) is 0.682. The molecule has 0 aromatic heterocycles. The van der Waals surface area contributed by atoms with Crippen molar-refractivity contribution < 1.29 is 9.53 Å². The van der Waals surface area contributed by atoms with E-state index in [1.807, 2.05) is 37.3 Å². The van der Waals surface area contributed by atoms with E-state index < -0.39 is 0 Å². The second-order valence-corrected chi connectivity index (χ2v) is 4.83. The molecule has 19 heavy (non-hydrogen) atoms. The van der Waals surface area contributed by atoms with Crippen LogP contribution in [-0.2, 0) is 6.61 Å².